The molecule has 2 N–H and O–H groups in total. The molecule has 4 rings (SSSR count). The van der Waals surface area contributed by atoms with Crippen LogP contribution in [-0.2, 0) is 0 Å². The Labute approximate surface area is 167 Å². The number of benzene rings is 1. The van der Waals surface area contributed by atoms with Crippen molar-refractivity contribution in [2.24, 2.45) is 11.8 Å². The van der Waals surface area contributed by atoms with Crippen LogP contribution in [0.3, 0.4) is 0 Å². The number of hydrogen-bond donors (Lipinski definition) is 2. The van der Waals surface area contributed by atoms with Gasteiger partial charge in [-0.3, -0.25) is 4.79 Å². The summed E-state index contributed by atoms with van der Waals surface area (Å²) in [6.07, 6.45) is 0. The minimum absolute atomic E-state index is 0.0752. The van der Waals surface area contributed by atoms with Crippen LogP contribution in [0, 0.1) is 25.7 Å². The Balaban J connectivity index is 1.50. The van der Waals surface area contributed by atoms with Crippen LogP contribution in [0.2, 0.25) is 0 Å². The van der Waals surface area contributed by atoms with Gasteiger partial charge in [-0.2, -0.15) is 0 Å². The molecule has 1 aromatic heterocycles. The summed E-state index contributed by atoms with van der Waals surface area (Å²) in [5.74, 6) is 0.574. The van der Waals surface area contributed by atoms with Crippen LogP contribution in [-0.4, -0.2) is 90.2 Å². The zero-order valence-corrected chi connectivity index (χ0v) is 17.2. The monoisotopic (exact) mass is 384 g/mol. The molecule has 28 heavy (non-hydrogen) atoms. The van der Waals surface area contributed by atoms with E-state index in [1.54, 1.807) is 0 Å². The third-order valence-corrected chi connectivity index (χ3v) is 6.76. The number of aromatic amines is 1. The number of fused-ring (bicyclic) bond motifs is 1. The average Bonchev–Trinajstić information content (AvgIpc) is 3.24. The fourth-order valence-electron chi connectivity index (χ4n) is 4.71. The van der Waals surface area contributed by atoms with Crippen LogP contribution in [0.15, 0.2) is 18.2 Å². The zero-order valence-electron chi connectivity index (χ0n) is 17.2. The molecule has 0 radical (unpaired) electrons. The minimum atomic E-state index is 0.0752. The fraction of sp³-hybridized carbons (Fsp3) is 0.591. The number of nitrogens with zero attached hydrogens (tertiary/aromatic N) is 3. The lowest BCUT2D eigenvalue weighted by atomic mass is 9.96. The third-order valence-electron chi connectivity index (χ3n) is 6.76. The first-order valence-electron chi connectivity index (χ1n) is 10.4. The molecule has 2 aliphatic heterocycles. The van der Waals surface area contributed by atoms with Crippen LogP contribution >= 0.6 is 0 Å². The summed E-state index contributed by atoms with van der Waals surface area (Å²) in [5, 5.41) is 11.0. The molecule has 2 aromatic rings. The maximum absolute atomic E-state index is 13.3. The highest BCUT2D eigenvalue weighted by Gasteiger charge is 2.36. The second-order valence-electron chi connectivity index (χ2n) is 8.62. The van der Waals surface area contributed by atoms with Gasteiger partial charge < -0.3 is 24.8 Å². The average molecular weight is 385 g/mol. The van der Waals surface area contributed by atoms with Crippen LogP contribution < -0.4 is 0 Å². The number of aromatic nitrogens is 1. The Morgan fingerprint density at radius 3 is 2.57 bits per heavy atom. The number of amides is 1. The lowest BCUT2D eigenvalue weighted by molar-refractivity contribution is 0.0779. The van der Waals surface area contributed by atoms with Crippen LogP contribution in [0.4, 0.5) is 0 Å². The molecule has 0 saturated carbocycles. The van der Waals surface area contributed by atoms with Crippen molar-refractivity contribution in [1.82, 2.24) is 19.7 Å². The van der Waals surface area contributed by atoms with Crippen molar-refractivity contribution >= 4 is 16.8 Å². The number of carbonyl (C=O) groups is 1. The molecular formula is C22H32N4O2. The Morgan fingerprint density at radius 1 is 1.14 bits per heavy atom. The smallest absolute Gasteiger partial charge is 0.256 e. The number of hydrogen-bond acceptors (Lipinski definition) is 4. The summed E-state index contributed by atoms with van der Waals surface area (Å²) >= 11 is 0. The van der Waals surface area contributed by atoms with Gasteiger partial charge in [-0.05, 0) is 38.4 Å². The number of likely N-dealkylation sites (tertiary alicyclic amines) is 1. The molecule has 0 spiro atoms. The lowest BCUT2D eigenvalue weighted by Crippen LogP contribution is -2.47. The number of aryl methyl sites for hydroxylation is 2. The van der Waals surface area contributed by atoms with E-state index in [0.717, 1.165) is 61.4 Å². The second kappa shape index (κ2) is 7.85. The first kappa shape index (κ1) is 19.4. The van der Waals surface area contributed by atoms with E-state index in [-0.39, 0.29) is 18.4 Å². The van der Waals surface area contributed by atoms with Gasteiger partial charge in [0.15, 0.2) is 0 Å². The summed E-state index contributed by atoms with van der Waals surface area (Å²) in [5.41, 5.74) is 3.99. The van der Waals surface area contributed by atoms with Crippen molar-refractivity contribution in [2.75, 3.05) is 59.5 Å². The molecule has 2 fully saturated rings. The molecule has 1 aromatic carbocycles. The molecule has 6 heteroatoms. The van der Waals surface area contributed by atoms with E-state index in [1.807, 2.05) is 24.0 Å². The maximum Gasteiger partial charge on any atom is 0.256 e. The molecule has 0 aliphatic carbocycles. The van der Waals surface area contributed by atoms with E-state index in [4.69, 9.17) is 0 Å². The number of nitrogens with one attached hydrogen (secondary N) is 1. The molecule has 2 unspecified atom stereocenters. The quantitative estimate of drug-likeness (QED) is 0.843. The first-order valence-corrected chi connectivity index (χ1v) is 10.4. The van der Waals surface area contributed by atoms with E-state index in [0.29, 0.717) is 12.5 Å². The number of para-hydroxylation sites is 1. The first-order chi connectivity index (χ1) is 13.5. The van der Waals surface area contributed by atoms with Crippen molar-refractivity contribution in [2.45, 2.75) is 13.8 Å². The van der Waals surface area contributed by atoms with Crippen LogP contribution in [0.1, 0.15) is 21.6 Å². The van der Waals surface area contributed by atoms with Gasteiger partial charge in [-0.15, -0.1) is 0 Å². The van der Waals surface area contributed by atoms with Crippen molar-refractivity contribution in [3.05, 3.63) is 35.0 Å². The summed E-state index contributed by atoms with van der Waals surface area (Å²) in [6.45, 7) is 10.9. The number of carbonyl (C=O) groups excluding carboxylic acids is 1. The van der Waals surface area contributed by atoms with Crippen molar-refractivity contribution in [3.63, 3.8) is 0 Å². The SMILES string of the molecule is Cc1[nH]c2c(C(=O)N3CC(CO)C(CN4CCN(C)CC4)C3)cccc2c1C. The van der Waals surface area contributed by atoms with Crippen LogP contribution in [0.5, 0.6) is 0 Å². The lowest BCUT2D eigenvalue weighted by Gasteiger charge is -2.34. The van der Waals surface area contributed by atoms with E-state index in [9.17, 15) is 9.90 Å². The molecule has 0 bridgehead atoms. The molecule has 1 amide bonds. The van der Waals surface area contributed by atoms with Gasteiger partial charge >= 0.3 is 0 Å². The Kier molecular flexibility index (Phi) is 5.45. The van der Waals surface area contributed by atoms with Crippen molar-refractivity contribution < 1.29 is 9.90 Å². The number of rotatable bonds is 4. The predicted octanol–water partition coefficient (Wildman–Crippen LogP) is 1.71. The summed E-state index contributed by atoms with van der Waals surface area (Å²) in [7, 11) is 2.16. The van der Waals surface area contributed by atoms with Gasteiger partial charge in [-0.1, -0.05) is 12.1 Å². The Morgan fingerprint density at radius 2 is 1.86 bits per heavy atom. The van der Waals surface area contributed by atoms with Gasteiger partial charge in [0, 0.05) is 69.4 Å². The number of H-pyrrole nitrogens is 1. The highest BCUT2D eigenvalue weighted by Crippen LogP contribution is 2.29. The molecule has 2 aliphatic rings. The highest BCUT2D eigenvalue weighted by molar-refractivity contribution is 6.06. The molecule has 3 heterocycles. The molecule has 2 saturated heterocycles. The van der Waals surface area contributed by atoms with Gasteiger partial charge in [-0.25, -0.2) is 0 Å². The van der Waals surface area contributed by atoms with E-state index < -0.39 is 0 Å². The van der Waals surface area contributed by atoms with E-state index >= 15 is 0 Å². The summed E-state index contributed by atoms with van der Waals surface area (Å²) < 4.78 is 0. The van der Waals surface area contributed by atoms with Gasteiger partial charge in [0.1, 0.15) is 0 Å². The number of piperazine rings is 1. The predicted molar refractivity (Wildman–Crippen MR) is 112 cm³/mol. The van der Waals surface area contributed by atoms with E-state index in [1.165, 1.54) is 5.56 Å². The third kappa shape index (κ3) is 3.56. The Bertz CT molecular complexity index is 854. The summed E-state index contributed by atoms with van der Waals surface area (Å²) in [4.78, 5) is 23.5. The second-order valence-corrected chi connectivity index (χ2v) is 8.62. The van der Waals surface area contributed by atoms with Crippen molar-refractivity contribution in [1.29, 1.82) is 0 Å². The van der Waals surface area contributed by atoms with Crippen molar-refractivity contribution in [3.8, 4) is 0 Å². The fourth-order valence-corrected chi connectivity index (χ4v) is 4.71. The number of aliphatic hydroxyl groups excluding tert-OH is 1. The van der Waals surface area contributed by atoms with E-state index in [2.05, 4.69) is 34.8 Å². The summed E-state index contributed by atoms with van der Waals surface area (Å²) in [6, 6.07) is 5.96. The number of likely N-dealkylation sites (N-methyl/N-ethyl adjacent to an activating group) is 1. The standard InChI is InChI=1S/C22H32N4O2/c1-15-16(2)23-21-19(15)5-4-6-20(21)22(28)26-12-17(18(13-26)14-27)11-25-9-7-24(3)8-10-25/h4-6,17-18,23,27H,7-14H2,1-3H3. The van der Waals surface area contributed by atoms with Crippen LogP contribution in [0.25, 0.3) is 10.9 Å². The highest BCUT2D eigenvalue weighted by atomic mass is 16.3. The number of aliphatic hydroxyl groups is 1. The Hall–Kier alpha value is -1.89. The largest absolute Gasteiger partial charge is 0.396 e. The maximum atomic E-state index is 13.3. The normalized spacial score (nSPS) is 24.4. The molecule has 2 atom stereocenters. The molecular weight excluding hydrogens is 352 g/mol. The minimum Gasteiger partial charge on any atom is -0.396 e. The molecule has 152 valence electrons. The van der Waals surface area contributed by atoms with Gasteiger partial charge in [0.2, 0.25) is 0 Å². The van der Waals surface area contributed by atoms with Gasteiger partial charge in [0.25, 0.3) is 5.91 Å². The topological polar surface area (TPSA) is 62.8 Å². The van der Waals surface area contributed by atoms with Gasteiger partial charge in [0.05, 0.1) is 11.1 Å². The molecule has 6 nitrogen and oxygen atoms in total. The zero-order chi connectivity index (χ0) is 19.8.